The molecule has 1 aliphatic rings. The van der Waals surface area contributed by atoms with Crippen molar-refractivity contribution in [2.45, 2.75) is 30.3 Å². The molecule has 1 aromatic rings. The minimum Gasteiger partial charge on any atom is -0.397 e. The first-order chi connectivity index (χ1) is 9.81. The molecule has 2 rings (SSSR count). The van der Waals surface area contributed by atoms with Gasteiger partial charge in [-0.05, 0) is 45.0 Å². The van der Waals surface area contributed by atoms with Gasteiger partial charge < -0.3 is 15.4 Å². The predicted octanol–water partition coefficient (Wildman–Crippen LogP) is 1.18. The van der Waals surface area contributed by atoms with Crippen molar-refractivity contribution in [3.05, 3.63) is 18.2 Å². The standard InChI is InChI=1S/C14H23N3O3S/c1-14(20-3)7-4-8-17(10-14)13-6-5-11(9-12(13)15)21(18,19)16-2/h5-6,9,16H,4,7-8,10,15H2,1-3H3. The Morgan fingerprint density at radius 1 is 1.43 bits per heavy atom. The van der Waals surface area contributed by atoms with E-state index >= 15 is 0 Å². The molecule has 1 aromatic carbocycles. The summed E-state index contributed by atoms with van der Waals surface area (Å²) in [7, 11) is -0.368. The van der Waals surface area contributed by atoms with E-state index in [1.165, 1.54) is 13.1 Å². The van der Waals surface area contributed by atoms with Crippen LogP contribution in [0.1, 0.15) is 19.8 Å². The Bertz CT molecular complexity index is 618. The summed E-state index contributed by atoms with van der Waals surface area (Å²) in [4.78, 5) is 2.33. The summed E-state index contributed by atoms with van der Waals surface area (Å²) in [6.07, 6.45) is 2.02. The van der Waals surface area contributed by atoms with Crippen LogP contribution in [0.15, 0.2) is 23.1 Å². The zero-order valence-corrected chi connectivity index (χ0v) is 13.5. The number of rotatable bonds is 4. The quantitative estimate of drug-likeness (QED) is 0.816. The van der Waals surface area contributed by atoms with Crippen LogP contribution < -0.4 is 15.4 Å². The van der Waals surface area contributed by atoms with E-state index in [2.05, 4.69) is 16.5 Å². The Balaban J connectivity index is 2.29. The van der Waals surface area contributed by atoms with Crippen LogP contribution >= 0.6 is 0 Å². The van der Waals surface area contributed by atoms with Gasteiger partial charge in [0.15, 0.2) is 0 Å². The number of hydrogen-bond donors (Lipinski definition) is 2. The Labute approximate surface area is 126 Å². The Morgan fingerprint density at radius 3 is 2.71 bits per heavy atom. The summed E-state index contributed by atoms with van der Waals surface area (Å²) in [5.74, 6) is 0. The lowest BCUT2D eigenvalue weighted by atomic mass is 9.94. The minimum atomic E-state index is -3.47. The highest BCUT2D eigenvalue weighted by atomic mass is 32.2. The smallest absolute Gasteiger partial charge is 0.240 e. The second-order valence-corrected chi connectivity index (χ2v) is 7.49. The van der Waals surface area contributed by atoms with Gasteiger partial charge in [-0.2, -0.15) is 0 Å². The fourth-order valence-electron chi connectivity index (χ4n) is 2.68. The molecule has 1 fully saturated rings. The highest BCUT2D eigenvalue weighted by Gasteiger charge is 2.31. The van der Waals surface area contributed by atoms with Crippen LogP contribution in [-0.4, -0.2) is 41.3 Å². The highest BCUT2D eigenvalue weighted by Crippen LogP contribution is 2.32. The number of nitrogens with two attached hydrogens (primary N) is 1. The molecule has 3 N–H and O–H groups in total. The molecule has 0 spiro atoms. The molecule has 0 bridgehead atoms. The number of nitrogens with one attached hydrogen (secondary N) is 1. The molecule has 6 nitrogen and oxygen atoms in total. The maximum absolute atomic E-state index is 11.8. The number of sulfonamides is 1. The van der Waals surface area contributed by atoms with Crippen molar-refractivity contribution in [1.29, 1.82) is 0 Å². The van der Waals surface area contributed by atoms with Gasteiger partial charge in [0.2, 0.25) is 10.0 Å². The van der Waals surface area contributed by atoms with Crippen LogP contribution in [0.4, 0.5) is 11.4 Å². The molecule has 1 aliphatic heterocycles. The number of nitrogen functional groups attached to an aromatic ring is 1. The molecule has 0 aromatic heterocycles. The van der Waals surface area contributed by atoms with Gasteiger partial charge in [0.05, 0.1) is 21.9 Å². The summed E-state index contributed by atoms with van der Waals surface area (Å²) in [6.45, 7) is 3.71. The number of ether oxygens (including phenoxy) is 1. The van der Waals surface area contributed by atoms with E-state index in [0.29, 0.717) is 5.69 Å². The van der Waals surface area contributed by atoms with Gasteiger partial charge >= 0.3 is 0 Å². The summed E-state index contributed by atoms with van der Waals surface area (Å²) in [5.41, 5.74) is 7.18. The predicted molar refractivity (Wildman–Crippen MR) is 84.0 cm³/mol. The Hall–Kier alpha value is -1.31. The molecule has 0 aliphatic carbocycles. The van der Waals surface area contributed by atoms with Crippen LogP contribution in [0.25, 0.3) is 0 Å². The maximum atomic E-state index is 11.8. The van der Waals surface area contributed by atoms with Gasteiger partial charge in [-0.1, -0.05) is 0 Å². The van der Waals surface area contributed by atoms with Crippen molar-refractivity contribution >= 4 is 21.4 Å². The fourth-order valence-corrected chi connectivity index (χ4v) is 3.45. The maximum Gasteiger partial charge on any atom is 0.240 e. The topological polar surface area (TPSA) is 84.7 Å². The summed E-state index contributed by atoms with van der Waals surface area (Å²) >= 11 is 0. The molecule has 1 atom stereocenters. The van der Waals surface area contributed by atoms with E-state index < -0.39 is 10.0 Å². The van der Waals surface area contributed by atoms with E-state index in [9.17, 15) is 8.42 Å². The first-order valence-corrected chi connectivity index (χ1v) is 8.43. The molecular formula is C14H23N3O3S. The van der Waals surface area contributed by atoms with E-state index in [0.717, 1.165) is 31.6 Å². The van der Waals surface area contributed by atoms with Gasteiger partial charge in [-0.15, -0.1) is 0 Å². The zero-order valence-electron chi connectivity index (χ0n) is 12.7. The number of nitrogens with zero attached hydrogens (tertiary/aromatic N) is 1. The number of anilines is 2. The van der Waals surface area contributed by atoms with Crippen LogP contribution in [0.2, 0.25) is 0 Å². The lowest BCUT2D eigenvalue weighted by Gasteiger charge is -2.41. The molecule has 7 heteroatoms. The second-order valence-electron chi connectivity index (χ2n) is 5.61. The monoisotopic (exact) mass is 313 g/mol. The van der Waals surface area contributed by atoms with Crippen molar-refractivity contribution in [2.75, 3.05) is 37.9 Å². The number of methoxy groups -OCH3 is 1. The summed E-state index contributed by atoms with van der Waals surface area (Å²) < 4.78 is 31.4. The van der Waals surface area contributed by atoms with Gasteiger partial charge in [-0.3, -0.25) is 0 Å². The number of benzene rings is 1. The Morgan fingerprint density at radius 2 is 2.14 bits per heavy atom. The molecule has 1 unspecified atom stereocenters. The van der Waals surface area contributed by atoms with Crippen molar-refractivity contribution in [3.63, 3.8) is 0 Å². The molecule has 0 saturated carbocycles. The van der Waals surface area contributed by atoms with Crippen LogP contribution in [0.3, 0.4) is 0 Å². The summed E-state index contributed by atoms with van der Waals surface area (Å²) in [5, 5.41) is 0. The van der Waals surface area contributed by atoms with E-state index in [1.54, 1.807) is 19.2 Å². The Kier molecular flexibility index (Phi) is 4.46. The third-order valence-electron chi connectivity index (χ3n) is 4.07. The normalized spacial score (nSPS) is 23.3. The van der Waals surface area contributed by atoms with Crippen molar-refractivity contribution < 1.29 is 13.2 Å². The second kappa shape index (κ2) is 5.82. The first-order valence-electron chi connectivity index (χ1n) is 6.94. The average molecular weight is 313 g/mol. The minimum absolute atomic E-state index is 0.178. The van der Waals surface area contributed by atoms with Crippen molar-refractivity contribution in [2.24, 2.45) is 0 Å². The lowest BCUT2D eigenvalue weighted by Crippen LogP contribution is -2.47. The SMILES string of the molecule is CNS(=O)(=O)c1ccc(N2CCCC(C)(OC)C2)c(N)c1. The number of piperidine rings is 1. The third-order valence-corrected chi connectivity index (χ3v) is 5.48. The lowest BCUT2D eigenvalue weighted by molar-refractivity contribution is -0.00462. The third kappa shape index (κ3) is 3.30. The van der Waals surface area contributed by atoms with Gasteiger partial charge in [0.1, 0.15) is 0 Å². The van der Waals surface area contributed by atoms with Gasteiger partial charge in [0.25, 0.3) is 0 Å². The van der Waals surface area contributed by atoms with Crippen LogP contribution in [0, 0.1) is 0 Å². The van der Waals surface area contributed by atoms with Crippen molar-refractivity contribution in [3.8, 4) is 0 Å². The molecule has 0 radical (unpaired) electrons. The van der Waals surface area contributed by atoms with E-state index in [1.807, 2.05) is 0 Å². The largest absolute Gasteiger partial charge is 0.397 e. The van der Waals surface area contributed by atoms with E-state index in [-0.39, 0.29) is 10.5 Å². The van der Waals surface area contributed by atoms with Gasteiger partial charge in [-0.25, -0.2) is 13.1 Å². The molecule has 21 heavy (non-hydrogen) atoms. The number of hydrogen-bond acceptors (Lipinski definition) is 5. The van der Waals surface area contributed by atoms with Crippen LogP contribution in [-0.2, 0) is 14.8 Å². The van der Waals surface area contributed by atoms with Crippen molar-refractivity contribution in [1.82, 2.24) is 4.72 Å². The average Bonchev–Trinajstić information content (AvgIpc) is 2.47. The summed E-state index contributed by atoms with van der Waals surface area (Å²) in [6, 6.07) is 4.84. The fraction of sp³-hybridized carbons (Fsp3) is 0.571. The van der Waals surface area contributed by atoms with Crippen LogP contribution in [0.5, 0.6) is 0 Å². The molecule has 1 heterocycles. The molecule has 118 valence electrons. The molecule has 1 saturated heterocycles. The van der Waals surface area contributed by atoms with Gasteiger partial charge in [0, 0.05) is 20.2 Å². The molecular weight excluding hydrogens is 290 g/mol. The van der Waals surface area contributed by atoms with E-state index in [4.69, 9.17) is 10.5 Å². The zero-order chi connectivity index (χ0) is 15.7. The highest BCUT2D eigenvalue weighted by molar-refractivity contribution is 7.89. The molecule has 0 amide bonds. The first kappa shape index (κ1) is 16.1.